The summed E-state index contributed by atoms with van der Waals surface area (Å²) in [5.74, 6) is -0.165. The Bertz CT molecular complexity index is 1550. The number of imidazole rings is 1. The van der Waals surface area contributed by atoms with Crippen molar-refractivity contribution in [2.45, 2.75) is 26.9 Å². The summed E-state index contributed by atoms with van der Waals surface area (Å²) in [7, 11) is 1.67. The van der Waals surface area contributed by atoms with Crippen molar-refractivity contribution < 1.29 is 14.6 Å². The molecule has 0 amide bonds. The highest BCUT2D eigenvalue weighted by molar-refractivity contribution is 6.36. The molecular weight excluding hydrogens is 438 g/mol. The number of aromatic carboxylic acids is 1. The fourth-order valence-electron chi connectivity index (χ4n) is 4.77. The molecule has 0 saturated heterocycles. The summed E-state index contributed by atoms with van der Waals surface area (Å²) in [4.78, 5) is 16.6. The molecule has 3 aromatic carbocycles. The molecule has 0 saturated carbocycles. The first-order chi connectivity index (χ1) is 16.0. The third kappa shape index (κ3) is 3.29. The number of fused-ring (bicyclic) bond motifs is 4. The zero-order valence-corrected chi connectivity index (χ0v) is 19.5. The molecule has 1 N–H and O–H groups in total. The number of benzene rings is 3. The van der Waals surface area contributed by atoms with Crippen LogP contribution in [0.1, 0.15) is 22.8 Å². The van der Waals surface area contributed by atoms with E-state index in [1.54, 1.807) is 13.2 Å². The number of carbonyl (C=O) groups is 1. The van der Waals surface area contributed by atoms with E-state index in [0.29, 0.717) is 24.2 Å². The Hall–Kier alpha value is -3.35. The van der Waals surface area contributed by atoms with E-state index >= 15 is 0 Å². The molecule has 0 fully saturated rings. The first kappa shape index (κ1) is 21.5. The normalized spacial score (nSPS) is 11.8. The second kappa shape index (κ2) is 8.21. The third-order valence-electron chi connectivity index (χ3n) is 6.33. The smallest absolute Gasteiger partial charge is 0.336 e. The zero-order chi connectivity index (χ0) is 23.3. The number of hydrogen-bond acceptors (Lipinski definition) is 3. The van der Waals surface area contributed by atoms with Crippen LogP contribution in [0.4, 0.5) is 0 Å². The second-order valence-electron chi connectivity index (χ2n) is 8.10. The average molecular weight is 462 g/mol. The van der Waals surface area contributed by atoms with Crippen molar-refractivity contribution in [3.8, 4) is 11.4 Å². The summed E-state index contributed by atoms with van der Waals surface area (Å²) in [5.41, 5.74) is 5.62. The highest BCUT2D eigenvalue weighted by Gasteiger charge is 2.20. The molecule has 6 nitrogen and oxygen atoms in total. The molecule has 0 radical (unpaired) electrons. The fourth-order valence-corrected chi connectivity index (χ4v) is 5.04. The third-order valence-corrected chi connectivity index (χ3v) is 6.64. The molecule has 5 aromatic rings. The maximum atomic E-state index is 11.7. The van der Waals surface area contributed by atoms with Gasteiger partial charge in [-0.3, -0.25) is 0 Å². The summed E-state index contributed by atoms with van der Waals surface area (Å²) in [5, 5.41) is 12.5. The van der Waals surface area contributed by atoms with E-state index in [2.05, 4.69) is 40.3 Å². The van der Waals surface area contributed by atoms with Crippen LogP contribution in [-0.4, -0.2) is 38.9 Å². The lowest BCUT2D eigenvalue weighted by atomic mass is 10.1. The van der Waals surface area contributed by atoms with Gasteiger partial charge in [-0.1, -0.05) is 23.7 Å². The fraction of sp³-hybridized carbons (Fsp3) is 0.231. The van der Waals surface area contributed by atoms with Gasteiger partial charge in [0.05, 0.1) is 33.7 Å². The number of methoxy groups -OCH3 is 1. The van der Waals surface area contributed by atoms with Crippen LogP contribution in [0.5, 0.6) is 0 Å². The van der Waals surface area contributed by atoms with E-state index < -0.39 is 5.97 Å². The number of aryl methyl sites for hydroxylation is 2. The lowest BCUT2D eigenvalue weighted by molar-refractivity contribution is 0.0696. The number of para-hydroxylation sites is 1. The van der Waals surface area contributed by atoms with Gasteiger partial charge in [-0.15, -0.1) is 0 Å². The largest absolute Gasteiger partial charge is 0.478 e. The van der Waals surface area contributed by atoms with Crippen molar-refractivity contribution in [2.75, 3.05) is 13.7 Å². The van der Waals surface area contributed by atoms with E-state index in [4.69, 9.17) is 21.3 Å². The SMILES string of the molecule is CCn1c2ccc(-c3nc4c(C)c(C(=O)O)ccc4n3CCOC)cc2c2cccc(Cl)c21. The number of hydrogen-bond donors (Lipinski definition) is 1. The van der Waals surface area contributed by atoms with Gasteiger partial charge in [-0.2, -0.15) is 0 Å². The molecule has 0 aliphatic carbocycles. The van der Waals surface area contributed by atoms with Crippen LogP contribution in [0.25, 0.3) is 44.2 Å². The van der Waals surface area contributed by atoms with Gasteiger partial charge in [0.15, 0.2) is 0 Å². The Labute approximate surface area is 196 Å². The van der Waals surface area contributed by atoms with Crippen molar-refractivity contribution in [3.05, 3.63) is 64.7 Å². The van der Waals surface area contributed by atoms with Crippen molar-refractivity contribution in [1.82, 2.24) is 14.1 Å². The van der Waals surface area contributed by atoms with Gasteiger partial charge in [-0.25, -0.2) is 9.78 Å². The van der Waals surface area contributed by atoms with E-state index in [9.17, 15) is 9.90 Å². The monoisotopic (exact) mass is 461 g/mol. The molecule has 0 aliphatic rings. The van der Waals surface area contributed by atoms with Gasteiger partial charge in [0, 0.05) is 42.1 Å². The van der Waals surface area contributed by atoms with E-state index in [-0.39, 0.29) is 5.56 Å². The Morgan fingerprint density at radius 2 is 1.88 bits per heavy atom. The lowest BCUT2D eigenvalue weighted by Gasteiger charge is -2.10. The van der Waals surface area contributed by atoms with Crippen molar-refractivity contribution in [3.63, 3.8) is 0 Å². The number of aromatic nitrogens is 3. The van der Waals surface area contributed by atoms with E-state index in [0.717, 1.165) is 50.3 Å². The Balaban J connectivity index is 1.80. The predicted molar refractivity (Wildman–Crippen MR) is 132 cm³/mol. The molecule has 7 heteroatoms. The van der Waals surface area contributed by atoms with Gasteiger partial charge in [0.2, 0.25) is 0 Å². The minimum Gasteiger partial charge on any atom is -0.478 e. The maximum absolute atomic E-state index is 11.7. The second-order valence-corrected chi connectivity index (χ2v) is 8.51. The summed E-state index contributed by atoms with van der Waals surface area (Å²) in [6.45, 7) is 5.86. The topological polar surface area (TPSA) is 69.3 Å². The van der Waals surface area contributed by atoms with Gasteiger partial charge >= 0.3 is 5.97 Å². The van der Waals surface area contributed by atoms with Gasteiger partial charge in [-0.05, 0) is 55.8 Å². The number of ether oxygens (including phenoxy) is 1. The number of carboxylic acids is 1. The highest BCUT2D eigenvalue weighted by Crippen LogP contribution is 2.36. The number of carboxylic acid groups (broad SMARTS) is 1. The van der Waals surface area contributed by atoms with Crippen LogP contribution in [0.3, 0.4) is 0 Å². The minimum absolute atomic E-state index is 0.265. The maximum Gasteiger partial charge on any atom is 0.336 e. The van der Waals surface area contributed by atoms with Crippen LogP contribution in [-0.2, 0) is 17.8 Å². The van der Waals surface area contributed by atoms with Crippen molar-refractivity contribution in [2.24, 2.45) is 0 Å². The summed E-state index contributed by atoms with van der Waals surface area (Å²) in [6, 6.07) is 15.8. The molecule has 0 bridgehead atoms. The first-order valence-corrected chi connectivity index (χ1v) is 11.3. The molecule has 33 heavy (non-hydrogen) atoms. The number of rotatable bonds is 6. The summed E-state index contributed by atoms with van der Waals surface area (Å²) < 4.78 is 9.68. The van der Waals surface area contributed by atoms with Gasteiger partial charge in [0.25, 0.3) is 0 Å². The van der Waals surface area contributed by atoms with Crippen LogP contribution in [0.15, 0.2) is 48.5 Å². The summed E-state index contributed by atoms with van der Waals surface area (Å²) in [6.07, 6.45) is 0. The molecule has 2 heterocycles. The van der Waals surface area contributed by atoms with Crippen LogP contribution in [0, 0.1) is 6.92 Å². The van der Waals surface area contributed by atoms with Gasteiger partial charge < -0.3 is 19.0 Å². The molecular formula is C26H24ClN3O3. The summed E-state index contributed by atoms with van der Waals surface area (Å²) >= 11 is 6.56. The van der Waals surface area contributed by atoms with E-state index in [1.807, 2.05) is 25.1 Å². The van der Waals surface area contributed by atoms with Crippen LogP contribution >= 0.6 is 11.6 Å². The molecule has 0 aliphatic heterocycles. The quantitative estimate of drug-likeness (QED) is 0.330. The Kier molecular flexibility index (Phi) is 5.35. The molecule has 168 valence electrons. The molecule has 0 spiro atoms. The molecule has 0 atom stereocenters. The van der Waals surface area contributed by atoms with Crippen molar-refractivity contribution >= 4 is 50.4 Å². The van der Waals surface area contributed by atoms with E-state index in [1.165, 1.54) is 0 Å². The van der Waals surface area contributed by atoms with Crippen LogP contribution in [0.2, 0.25) is 5.02 Å². The average Bonchev–Trinajstić information content (AvgIpc) is 3.34. The van der Waals surface area contributed by atoms with Crippen molar-refractivity contribution in [1.29, 1.82) is 0 Å². The number of halogens is 1. The van der Waals surface area contributed by atoms with Gasteiger partial charge in [0.1, 0.15) is 5.82 Å². The first-order valence-electron chi connectivity index (χ1n) is 10.9. The molecule has 0 unspecified atom stereocenters. The lowest BCUT2D eigenvalue weighted by Crippen LogP contribution is -2.06. The van der Waals surface area contributed by atoms with Crippen LogP contribution < -0.4 is 0 Å². The Morgan fingerprint density at radius 1 is 1.09 bits per heavy atom. The standard InChI is InChI=1S/C26H24ClN3O3/c1-4-29-21-10-8-16(14-19(21)18-6-5-7-20(27)24(18)29)25-28-23-15(2)17(26(31)32)9-11-22(23)30(25)12-13-33-3/h5-11,14H,4,12-13H2,1-3H3,(H,31,32). The predicted octanol–water partition coefficient (Wildman–Crippen LogP) is 6.14. The molecule has 5 rings (SSSR count). The highest BCUT2D eigenvalue weighted by atomic mass is 35.5. The Morgan fingerprint density at radius 3 is 2.61 bits per heavy atom. The minimum atomic E-state index is -0.951. The molecule has 2 aromatic heterocycles. The number of nitrogens with zero attached hydrogens (tertiary/aromatic N) is 3. The zero-order valence-electron chi connectivity index (χ0n) is 18.7.